The molecule has 0 bridgehead atoms. The van der Waals surface area contributed by atoms with Crippen LogP contribution in [0.5, 0.6) is 5.75 Å². The third-order valence-electron chi connectivity index (χ3n) is 7.13. The van der Waals surface area contributed by atoms with Gasteiger partial charge in [-0.05, 0) is 63.6 Å². The lowest BCUT2D eigenvalue weighted by molar-refractivity contribution is -0.135. The Kier molecular flexibility index (Phi) is 6.92. The molecule has 0 radical (unpaired) electrons. The average molecular weight is 506 g/mol. The number of Topliss-reactive ketones (excluding diaryl/α,β-unsaturated/α-hetero) is 1. The first-order chi connectivity index (χ1) is 17.9. The van der Waals surface area contributed by atoms with Crippen LogP contribution in [0.15, 0.2) is 24.5 Å². The number of aliphatic hydroxyl groups excluding tert-OH is 1. The number of hydrogen-bond donors (Lipinski definition) is 3. The van der Waals surface area contributed by atoms with Crippen LogP contribution in [0.25, 0.3) is 22.3 Å². The van der Waals surface area contributed by atoms with Crippen molar-refractivity contribution in [2.24, 2.45) is 5.92 Å². The van der Waals surface area contributed by atoms with Crippen LogP contribution in [0.1, 0.15) is 59.0 Å². The molecule has 194 valence electrons. The monoisotopic (exact) mass is 505 g/mol. The number of aromatic nitrogens is 3. The number of aryl methyl sites for hydroxylation is 1. The Balaban J connectivity index is 1.44. The maximum Gasteiger partial charge on any atom is 0.255 e. The number of amides is 2. The molecular formula is C27H31N5O5. The van der Waals surface area contributed by atoms with Gasteiger partial charge in [0.25, 0.3) is 5.91 Å². The topological polar surface area (TPSA) is 138 Å². The first kappa shape index (κ1) is 24.9. The number of ketones is 1. The van der Waals surface area contributed by atoms with Crippen LogP contribution in [0.3, 0.4) is 0 Å². The Morgan fingerprint density at radius 1 is 1.16 bits per heavy atom. The van der Waals surface area contributed by atoms with Gasteiger partial charge in [-0.1, -0.05) is 0 Å². The normalized spacial score (nSPS) is 16.1. The van der Waals surface area contributed by atoms with E-state index in [2.05, 4.69) is 20.3 Å². The molecule has 10 heteroatoms. The molecule has 1 saturated carbocycles. The van der Waals surface area contributed by atoms with Crippen molar-refractivity contribution in [3.05, 3.63) is 41.3 Å². The molecule has 2 aliphatic rings. The predicted molar refractivity (Wildman–Crippen MR) is 136 cm³/mol. The summed E-state index contributed by atoms with van der Waals surface area (Å²) in [7, 11) is 0. The van der Waals surface area contributed by atoms with E-state index in [9.17, 15) is 14.4 Å². The number of benzene rings is 1. The number of H-pyrrole nitrogens is 1. The quantitative estimate of drug-likeness (QED) is 0.400. The van der Waals surface area contributed by atoms with E-state index in [-0.39, 0.29) is 23.6 Å². The number of hydrogen-bond acceptors (Lipinski definition) is 7. The molecule has 3 aromatic rings. The van der Waals surface area contributed by atoms with Crippen LogP contribution in [0, 0.1) is 12.8 Å². The largest absolute Gasteiger partial charge is 0.493 e. The lowest BCUT2D eigenvalue weighted by Gasteiger charge is -2.32. The third-order valence-corrected chi connectivity index (χ3v) is 7.13. The second-order valence-corrected chi connectivity index (χ2v) is 9.88. The number of aliphatic hydroxyl groups is 1. The highest BCUT2D eigenvalue weighted by molar-refractivity contribution is 6.09. The first-order valence-electron chi connectivity index (χ1n) is 12.7. The van der Waals surface area contributed by atoms with E-state index in [0.717, 1.165) is 12.8 Å². The van der Waals surface area contributed by atoms with Crippen LogP contribution in [0.4, 0.5) is 0 Å². The standard InChI is InChI=1S/C27H31N5O5/c1-15-23(27(36)31-19-7-9-32(10-8-19)22(35)12-33)25-26(30-15)24(28-14-29-25)20-11-18(16(2)34)5-6-21(20)37-13-17-3-4-17/h5-6,11,14,17,19,30,33H,3-4,7-10,12-13H2,1-2H3,(H,31,36). The Morgan fingerprint density at radius 2 is 1.92 bits per heavy atom. The minimum Gasteiger partial charge on any atom is -0.493 e. The molecule has 2 amide bonds. The van der Waals surface area contributed by atoms with Crippen molar-refractivity contribution < 1.29 is 24.2 Å². The molecule has 2 aromatic heterocycles. The number of aromatic amines is 1. The molecule has 2 fully saturated rings. The van der Waals surface area contributed by atoms with Gasteiger partial charge in [-0.2, -0.15) is 0 Å². The molecule has 0 spiro atoms. The number of fused-ring (bicyclic) bond motifs is 1. The summed E-state index contributed by atoms with van der Waals surface area (Å²) >= 11 is 0. The fourth-order valence-electron chi connectivity index (χ4n) is 4.79. The average Bonchev–Trinajstić information content (AvgIpc) is 3.66. The van der Waals surface area contributed by atoms with Gasteiger partial charge in [0.15, 0.2) is 5.78 Å². The maximum atomic E-state index is 13.3. The lowest BCUT2D eigenvalue weighted by atomic mass is 10.0. The fourth-order valence-corrected chi connectivity index (χ4v) is 4.79. The van der Waals surface area contributed by atoms with Gasteiger partial charge in [0.2, 0.25) is 5.91 Å². The smallest absolute Gasteiger partial charge is 0.255 e. The number of carbonyl (C=O) groups excluding carboxylic acids is 3. The van der Waals surface area contributed by atoms with Crippen LogP contribution in [-0.4, -0.2) is 74.9 Å². The highest BCUT2D eigenvalue weighted by atomic mass is 16.5. The summed E-state index contributed by atoms with van der Waals surface area (Å²) in [5, 5.41) is 12.2. The first-order valence-corrected chi connectivity index (χ1v) is 12.7. The van der Waals surface area contributed by atoms with Crippen LogP contribution in [0.2, 0.25) is 0 Å². The minimum atomic E-state index is -0.504. The molecular weight excluding hydrogens is 474 g/mol. The zero-order valence-corrected chi connectivity index (χ0v) is 21.0. The van der Waals surface area contributed by atoms with Crippen molar-refractivity contribution in [2.45, 2.75) is 45.6 Å². The Hall–Kier alpha value is -3.79. The number of carbonyl (C=O) groups is 3. The number of piperidine rings is 1. The number of likely N-dealkylation sites (tertiary alicyclic amines) is 1. The predicted octanol–water partition coefficient (Wildman–Crippen LogP) is 2.64. The van der Waals surface area contributed by atoms with E-state index < -0.39 is 6.61 Å². The second kappa shape index (κ2) is 10.3. The van der Waals surface area contributed by atoms with E-state index in [1.807, 2.05) is 6.92 Å². The van der Waals surface area contributed by atoms with E-state index in [1.54, 1.807) is 23.1 Å². The summed E-state index contributed by atoms with van der Waals surface area (Å²) in [4.78, 5) is 51.0. The van der Waals surface area contributed by atoms with Gasteiger partial charge in [0.1, 0.15) is 29.9 Å². The molecule has 1 aliphatic heterocycles. The zero-order valence-electron chi connectivity index (χ0n) is 21.0. The molecule has 1 aliphatic carbocycles. The summed E-state index contributed by atoms with van der Waals surface area (Å²) < 4.78 is 6.11. The number of nitrogens with zero attached hydrogens (tertiary/aromatic N) is 3. The van der Waals surface area contributed by atoms with Gasteiger partial charge in [0.05, 0.1) is 17.7 Å². The molecule has 37 heavy (non-hydrogen) atoms. The van der Waals surface area contributed by atoms with Crippen LogP contribution >= 0.6 is 0 Å². The minimum absolute atomic E-state index is 0.0604. The summed E-state index contributed by atoms with van der Waals surface area (Å²) in [5.74, 6) is 0.593. The summed E-state index contributed by atoms with van der Waals surface area (Å²) in [6.07, 6.45) is 4.95. The van der Waals surface area contributed by atoms with Crippen molar-refractivity contribution in [2.75, 3.05) is 26.3 Å². The Labute approximate surface area is 214 Å². The molecule has 0 unspecified atom stereocenters. The molecule has 3 N–H and O–H groups in total. The summed E-state index contributed by atoms with van der Waals surface area (Å²) in [6.45, 7) is 4.42. The van der Waals surface area contributed by atoms with E-state index in [4.69, 9.17) is 9.84 Å². The van der Waals surface area contributed by atoms with Gasteiger partial charge >= 0.3 is 0 Å². The Morgan fingerprint density at radius 3 is 2.59 bits per heavy atom. The fraction of sp³-hybridized carbons (Fsp3) is 0.444. The number of rotatable bonds is 8. The van der Waals surface area contributed by atoms with E-state index >= 15 is 0 Å². The molecule has 10 nitrogen and oxygen atoms in total. The second-order valence-electron chi connectivity index (χ2n) is 9.88. The number of ether oxygens (including phenoxy) is 1. The lowest BCUT2D eigenvalue weighted by Crippen LogP contribution is -2.47. The van der Waals surface area contributed by atoms with Gasteiger partial charge in [-0.3, -0.25) is 14.4 Å². The van der Waals surface area contributed by atoms with Gasteiger partial charge in [-0.15, -0.1) is 0 Å². The molecule has 1 saturated heterocycles. The van der Waals surface area contributed by atoms with Crippen LogP contribution in [-0.2, 0) is 4.79 Å². The van der Waals surface area contributed by atoms with Gasteiger partial charge < -0.3 is 25.0 Å². The maximum absolute atomic E-state index is 13.3. The zero-order chi connectivity index (χ0) is 26.1. The number of nitrogens with one attached hydrogen (secondary N) is 2. The van der Waals surface area contributed by atoms with E-state index in [0.29, 0.717) is 83.3 Å². The van der Waals surface area contributed by atoms with Crippen molar-refractivity contribution in [3.63, 3.8) is 0 Å². The van der Waals surface area contributed by atoms with Gasteiger partial charge in [0, 0.05) is 36.0 Å². The molecule has 5 rings (SSSR count). The van der Waals surface area contributed by atoms with Crippen molar-refractivity contribution in [1.82, 2.24) is 25.2 Å². The molecule has 1 aromatic carbocycles. The third kappa shape index (κ3) is 5.20. The van der Waals surface area contributed by atoms with E-state index in [1.165, 1.54) is 13.3 Å². The molecule has 0 atom stereocenters. The Bertz CT molecular complexity index is 1350. The van der Waals surface area contributed by atoms with Crippen molar-refractivity contribution >= 4 is 28.6 Å². The summed E-state index contributed by atoms with van der Waals surface area (Å²) in [6, 6.07) is 5.25. The van der Waals surface area contributed by atoms with Gasteiger partial charge in [-0.25, -0.2) is 9.97 Å². The highest BCUT2D eigenvalue weighted by Crippen LogP contribution is 2.37. The summed E-state index contributed by atoms with van der Waals surface area (Å²) in [5.41, 5.74) is 3.99. The molecule has 3 heterocycles. The van der Waals surface area contributed by atoms with Crippen molar-refractivity contribution in [3.8, 4) is 17.0 Å². The van der Waals surface area contributed by atoms with Crippen LogP contribution < -0.4 is 10.1 Å². The van der Waals surface area contributed by atoms with Crippen molar-refractivity contribution in [1.29, 1.82) is 0 Å². The highest BCUT2D eigenvalue weighted by Gasteiger charge is 2.27. The SMILES string of the molecule is CC(=O)c1ccc(OCC2CC2)c(-c2ncnc3c(C(=O)NC4CCN(C(=O)CO)CC4)c(C)[nH]c23)c1.